The Morgan fingerprint density at radius 2 is 1.87 bits per heavy atom. The molecule has 2 N–H and O–H groups in total. The number of carbonyl (C=O) groups is 2. The van der Waals surface area contributed by atoms with Gasteiger partial charge in [-0.3, -0.25) is 19.3 Å². The molecule has 1 aromatic rings. The van der Waals surface area contributed by atoms with Crippen LogP contribution in [0.5, 0.6) is 0 Å². The van der Waals surface area contributed by atoms with Crippen LogP contribution in [0.1, 0.15) is 27.1 Å². The molecule has 3 aliphatic rings. The summed E-state index contributed by atoms with van der Waals surface area (Å²) in [6.45, 7) is 3.98. The molecule has 4 rings (SSSR count). The van der Waals surface area contributed by atoms with Crippen molar-refractivity contribution in [1.82, 2.24) is 15.9 Å². The molecule has 1 aromatic carbocycles. The van der Waals surface area contributed by atoms with Crippen molar-refractivity contribution in [2.75, 3.05) is 37.7 Å². The van der Waals surface area contributed by atoms with Crippen LogP contribution in [0.25, 0.3) is 0 Å². The van der Waals surface area contributed by atoms with Gasteiger partial charge in [-0.15, -0.1) is 0 Å². The average Bonchev–Trinajstić information content (AvgIpc) is 2.87. The SMILES string of the molecule is O=C1c2ccc(N3CCNCC3)cc2C(=O)N1C1CCONO1. The van der Waals surface area contributed by atoms with Gasteiger partial charge in [0.15, 0.2) is 6.23 Å². The van der Waals surface area contributed by atoms with Crippen LogP contribution in [0.15, 0.2) is 18.2 Å². The maximum atomic E-state index is 12.7. The van der Waals surface area contributed by atoms with E-state index in [0.29, 0.717) is 24.2 Å². The predicted octanol–water partition coefficient (Wildman–Crippen LogP) is -0.125. The fraction of sp³-hybridized carbons (Fsp3) is 0.467. The highest BCUT2D eigenvalue weighted by Crippen LogP contribution is 2.30. The van der Waals surface area contributed by atoms with Crippen molar-refractivity contribution in [2.45, 2.75) is 12.6 Å². The van der Waals surface area contributed by atoms with Crippen LogP contribution in [-0.2, 0) is 9.68 Å². The van der Waals surface area contributed by atoms with Crippen molar-refractivity contribution in [3.05, 3.63) is 29.3 Å². The lowest BCUT2D eigenvalue weighted by Crippen LogP contribution is -2.47. The molecule has 3 aliphatic heterocycles. The van der Waals surface area contributed by atoms with Crippen LogP contribution >= 0.6 is 0 Å². The minimum atomic E-state index is -0.640. The fourth-order valence-electron chi connectivity index (χ4n) is 3.16. The summed E-state index contributed by atoms with van der Waals surface area (Å²) < 4.78 is 0. The van der Waals surface area contributed by atoms with E-state index in [1.165, 1.54) is 4.90 Å². The largest absolute Gasteiger partial charge is 0.369 e. The lowest BCUT2D eigenvalue weighted by Gasteiger charge is -2.29. The summed E-state index contributed by atoms with van der Waals surface area (Å²) in [7, 11) is 0. The molecule has 8 heteroatoms. The van der Waals surface area contributed by atoms with Crippen molar-refractivity contribution in [2.24, 2.45) is 0 Å². The number of hydrogen-bond acceptors (Lipinski definition) is 7. The third-order valence-electron chi connectivity index (χ3n) is 4.38. The molecule has 1 atom stereocenters. The maximum Gasteiger partial charge on any atom is 0.263 e. The maximum absolute atomic E-state index is 12.7. The van der Waals surface area contributed by atoms with Gasteiger partial charge in [-0.25, -0.2) is 4.90 Å². The highest BCUT2D eigenvalue weighted by molar-refractivity contribution is 6.21. The Bertz CT molecular complexity index is 638. The molecule has 8 nitrogen and oxygen atoms in total. The molecule has 0 bridgehead atoms. The summed E-state index contributed by atoms with van der Waals surface area (Å²) in [5, 5.41) is 3.30. The summed E-state index contributed by atoms with van der Waals surface area (Å²) in [6.07, 6.45) is -0.192. The molecule has 2 saturated heterocycles. The Balaban J connectivity index is 1.62. The zero-order chi connectivity index (χ0) is 15.8. The van der Waals surface area contributed by atoms with Crippen LogP contribution in [0, 0.1) is 0 Å². The first kappa shape index (κ1) is 14.6. The number of nitrogens with zero attached hydrogens (tertiary/aromatic N) is 2. The van der Waals surface area contributed by atoms with E-state index in [9.17, 15) is 9.59 Å². The number of nitrogens with one attached hydrogen (secondary N) is 2. The van der Waals surface area contributed by atoms with E-state index in [1.54, 1.807) is 6.07 Å². The summed E-state index contributed by atoms with van der Waals surface area (Å²) >= 11 is 0. The molecule has 0 spiro atoms. The number of anilines is 1. The standard InChI is InChI=1S/C15H18N4O4/c20-14-11-2-1-10(18-6-4-16-5-7-18)9-12(11)15(21)19(14)13-3-8-22-17-23-13/h1-2,9,13,16-17H,3-8H2. The summed E-state index contributed by atoms with van der Waals surface area (Å²) in [6, 6.07) is 5.45. The van der Waals surface area contributed by atoms with E-state index in [1.807, 2.05) is 12.1 Å². The van der Waals surface area contributed by atoms with Gasteiger partial charge in [-0.05, 0) is 18.2 Å². The molecular formula is C15H18N4O4. The van der Waals surface area contributed by atoms with E-state index < -0.39 is 6.23 Å². The highest BCUT2D eigenvalue weighted by Gasteiger charge is 2.41. The van der Waals surface area contributed by atoms with E-state index in [2.05, 4.69) is 15.9 Å². The molecule has 122 valence electrons. The molecule has 0 saturated carbocycles. The van der Waals surface area contributed by atoms with Crippen molar-refractivity contribution >= 4 is 17.5 Å². The first-order valence-electron chi connectivity index (χ1n) is 7.76. The summed E-state index contributed by atoms with van der Waals surface area (Å²) in [5.74, 6) is -0.624. The van der Waals surface area contributed by atoms with Gasteiger partial charge in [0.05, 0.1) is 17.7 Å². The van der Waals surface area contributed by atoms with Crippen molar-refractivity contribution in [1.29, 1.82) is 0 Å². The normalized spacial score (nSPS) is 25.0. The third kappa shape index (κ3) is 2.49. The summed E-state index contributed by atoms with van der Waals surface area (Å²) in [5.41, 5.74) is 4.13. The molecule has 1 unspecified atom stereocenters. The van der Waals surface area contributed by atoms with E-state index in [-0.39, 0.29) is 11.8 Å². The summed E-state index contributed by atoms with van der Waals surface area (Å²) in [4.78, 5) is 38.6. The van der Waals surface area contributed by atoms with Gasteiger partial charge in [0.1, 0.15) is 0 Å². The second kappa shape index (κ2) is 5.89. The quantitative estimate of drug-likeness (QED) is 0.735. The molecule has 23 heavy (non-hydrogen) atoms. The molecule has 0 radical (unpaired) electrons. The predicted molar refractivity (Wildman–Crippen MR) is 80.6 cm³/mol. The van der Waals surface area contributed by atoms with Gasteiger partial charge in [-0.2, -0.15) is 0 Å². The van der Waals surface area contributed by atoms with Crippen molar-refractivity contribution in [3.8, 4) is 0 Å². The van der Waals surface area contributed by atoms with Gasteiger partial charge in [-0.1, -0.05) is 5.64 Å². The Morgan fingerprint density at radius 3 is 2.61 bits per heavy atom. The van der Waals surface area contributed by atoms with Gasteiger partial charge in [0.25, 0.3) is 11.8 Å². The number of carbonyl (C=O) groups excluding carboxylic acids is 2. The number of rotatable bonds is 2. The Morgan fingerprint density at radius 1 is 1.09 bits per heavy atom. The Kier molecular flexibility index (Phi) is 3.74. The van der Waals surface area contributed by atoms with Gasteiger partial charge >= 0.3 is 0 Å². The molecule has 2 amide bonds. The van der Waals surface area contributed by atoms with Gasteiger partial charge in [0.2, 0.25) is 0 Å². The minimum absolute atomic E-state index is 0.310. The van der Waals surface area contributed by atoms with Crippen molar-refractivity contribution in [3.63, 3.8) is 0 Å². The van der Waals surface area contributed by atoms with Crippen LogP contribution < -0.4 is 15.9 Å². The minimum Gasteiger partial charge on any atom is -0.369 e. The average molecular weight is 318 g/mol. The smallest absolute Gasteiger partial charge is 0.263 e. The van der Waals surface area contributed by atoms with E-state index >= 15 is 0 Å². The van der Waals surface area contributed by atoms with E-state index in [0.717, 1.165) is 31.9 Å². The molecule has 2 fully saturated rings. The third-order valence-corrected chi connectivity index (χ3v) is 4.38. The number of imide groups is 1. The van der Waals surface area contributed by atoms with Crippen LogP contribution in [0.2, 0.25) is 0 Å². The zero-order valence-corrected chi connectivity index (χ0v) is 12.6. The number of piperazine rings is 1. The lowest BCUT2D eigenvalue weighted by molar-refractivity contribution is -0.259. The number of hydrogen-bond donors (Lipinski definition) is 2. The number of benzene rings is 1. The molecule has 3 heterocycles. The fourth-order valence-corrected chi connectivity index (χ4v) is 3.16. The van der Waals surface area contributed by atoms with E-state index in [4.69, 9.17) is 9.68 Å². The highest BCUT2D eigenvalue weighted by atomic mass is 16.9. The van der Waals surface area contributed by atoms with Crippen LogP contribution in [-0.4, -0.2) is 55.7 Å². The first-order chi connectivity index (χ1) is 11.3. The van der Waals surface area contributed by atoms with Gasteiger partial charge in [0, 0.05) is 38.3 Å². The van der Waals surface area contributed by atoms with Crippen LogP contribution in [0.4, 0.5) is 5.69 Å². The number of fused-ring (bicyclic) bond motifs is 1. The first-order valence-corrected chi connectivity index (χ1v) is 7.76. The zero-order valence-electron chi connectivity index (χ0n) is 12.6. The van der Waals surface area contributed by atoms with Gasteiger partial charge < -0.3 is 10.2 Å². The Labute approximate surface area is 133 Å². The Hall–Kier alpha value is -2.00. The molecular weight excluding hydrogens is 300 g/mol. The second-order valence-electron chi connectivity index (χ2n) is 5.74. The number of amides is 2. The lowest BCUT2D eigenvalue weighted by atomic mass is 10.1. The molecule has 0 aromatic heterocycles. The van der Waals surface area contributed by atoms with Crippen LogP contribution in [0.3, 0.4) is 0 Å². The van der Waals surface area contributed by atoms with Crippen molar-refractivity contribution < 1.29 is 19.3 Å². The molecule has 0 aliphatic carbocycles. The topological polar surface area (TPSA) is 83.1 Å². The second-order valence-corrected chi connectivity index (χ2v) is 5.74. The monoisotopic (exact) mass is 318 g/mol.